The van der Waals surface area contributed by atoms with Crippen LogP contribution in [0, 0.1) is 25.5 Å². The van der Waals surface area contributed by atoms with Crippen LogP contribution >= 0.6 is 0 Å². The van der Waals surface area contributed by atoms with Gasteiger partial charge in [-0.15, -0.1) is 0 Å². The summed E-state index contributed by atoms with van der Waals surface area (Å²) in [6, 6.07) is 3.26. The standard InChI is InChI=1S/C17H19F2N3O2/c1-10-15(11(2)21(3)20-10)14-9-24-8-7-22(14)17(23)12-5-4-6-13(18)16(12)19/h4-6,14H,7-9H2,1-3H3/t14-/m0/s1. The Kier molecular flexibility index (Phi) is 4.36. The molecule has 3 rings (SSSR count). The van der Waals surface area contributed by atoms with Gasteiger partial charge in [-0.1, -0.05) is 6.07 Å². The van der Waals surface area contributed by atoms with Gasteiger partial charge in [-0.3, -0.25) is 9.48 Å². The molecule has 0 radical (unpaired) electrons. The zero-order valence-electron chi connectivity index (χ0n) is 13.8. The van der Waals surface area contributed by atoms with E-state index in [1.807, 2.05) is 20.9 Å². The normalized spacial score (nSPS) is 18.0. The first kappa shape index (κ1) is 16.6. The summed E-state index contributed by atoms with van der Waals surface area (Å²) in [6.07, 6.45) is 0. The summed E-state index contributed by atoms with van der Waals surface area (Å²) in [5, 5.41) is 4.37. The molecule has 128 valence electrons. The molecule has 1 aliphatic rings. The topological polar surface area (TPSA) is 47.4 Å². The zero-order chi connectivity index (χ0) is 17.4. The van der Waals surface area contributed by atoms with Crippen LogP contribution in [0.3, 0.4) is 0 Å². The van der Waals surface area contributed by atoms with E-state index in [-0.39, 0.29) is 11.6 Å². The molecule has 2 aromatic rings. The third-order valence-corrected chi connectivity index (χ3v) is 4.47. The lowest BCUT2D eigenvalue weighted by Crippen LogP contribution is -2.44. The van der Waals surface area contributed by atoms with Gasteiger partial charge in [0.05, 0.1) is 30.5 Å². The molecule has 0 saturated carbocycles. The van der Waals surface area contributed by atoms with Crippen molar-refractivity contribution in [1.29, 1.82) is 0 Å². The second kappa shape index (κ2) is 6.32. The predicted octanol–water partition coefficient (Wildman–Crippen LogP) is 2.53. The van der Waals surface area contributed by atoms with Gasteiger partial charge in [0, 0.05) is 24.8 Å². The van der Waals surface area contributed by atoms with Crippen LogP contribution < -0.4 is 0 Å². The number of hydrogen-bond acceptors (Lipinski definition) is 3. The van der Waals surface area contributed by atoms with Gasteiger partial charge in [0.1, 0.15) is 0 Å². The van der Waals surface area contributed by atoms with E-state index in [4.69, 9.17) is 4.74 Å². The molecular weight excluding hydrogens is 316 g/mol. The fraction of sp³-hybridized carbons (Fsp3) is 0.412. The van der Waals surface area contributed by atoms with Crippen molar-refractivity contribution in [3.63, 3.8) is 0 Å². The Labute approximate surface area is 138 Å². The summed E-state index contributed by atoms with van der Waals surface area (Å²) < 4.78 is 34.8. The molecule has 1 aliphatic heterocycles. The second-order valence-corrected chi connectivity index (χ2v) is 5.90. The Morgan fingerprint density at radius 3 is 2.75 bits per heavy atom. The smallest absolute Gasteiger partial charge is 0.257 e. The van der Waals surface area contributed by atoms with E-state index in [9.17, 15) is 13.6 Å². The van der Waals surface area contributed by atoms with Crippen molar-refractivity contribution in [1.82, 2.24) is 14.7 Å². The molecule has 0 aliphatic carbocycles. The van der Waals surface area contributed by atoms with Gasteiger partial charge in [-0.2, -0.15) is 5.10 Å². The number of halogens is 2. The number of benzene rings is 1. The molecule has 1 amide bonds. The lowest BCUT2D eigenvalue weighted by Gasteiger charge is -2.36. The molecule has 2 heterocycles. The van der Waals surface area contributed by atoms with Gasteiger partial charge < -0.3 is 9.64 Å². The number of carbonyl (C=O) groups is 1. The molecule has 24 heavy (non-hydrogen) atoms. The van der Waals surface area contributed by atoms with Crippen molar-refractivity contribution in [2.45, 2.75) is 19.9 Å². The number of rotatable bonds is 2. The van der Waals surface area contributed by atoms with Gasteiger partial charge in [0.2, 0.25) is 0 Å². The highest BCUT2D eigenvalue weighted by Gasteiger charge is 2.34. The Morgan fingerprint density at radius 1 is 1.33 bits per heavy atom. The van der Waals surface area contributed by atoms with E-state index < -0.39 is 17.5 Å². The summed E-state index contributed by atoms with van der Waals surface area (Å²) in [5.74, 6) is -2.69. The van der Waals surface area contributed by atoms with Crippen molar-refractivity contribution in [2.24, 2.45) is 7.05 Å². The molecule has 1 saturated heterocycles. The van der Waals surface area contributed by atoms with Crippen molar-refractivity contribution in [2.75, 3.05) is 19.8 Å². The first-order valence-electron chi connectivity index (χ1n) is 7.74. The fourth-order valence-electron chi connectivity index (χ4n) is 3.18. The van der Waals surface area contributed by atoms with Gasteiger partial charge in [0.25, 0.3) is 5.91 Å². The van der Waals surface area contributed by atoms with E-state index in [1.165, 1.54) is 12.1 Å². The van der Waals surface area contributed by atoms with Crippen molar-refractivity contribution < 1.29 is 18.3 Å². The number of carbonyl (C=O) groups excluding carboxylic acids is 1. The molecule has 0 N–H and O–H groups in total. The van der Waals surface area contributed by atoms with E-state index in [2.05, 4.69) is 5.10 Å². The minimum Gasteiger partial charge on any atom is -0.377 e. The number of ether oxygens (including phenoxy) is 1. The lowest BCUT2D eigenvalue weighted by molar-refractivity contribution is -0.00332. The molecule has 0 bridgehead atoms. The lowest BCUT2D eigenvalue weighted by atomic mass is 10.0. The Morgan fingerprint density at radius 2 is 2.08 bits per heavy atom. The third-order valence-electron chi connectivity index (χ3n) is 4.47. The predicted molar refractivity (Wildman–Crippen MR) is 83.6 cm³/mol. The van der Waals surface area contributed by atoms with Crippen LogP contribution in [-0.2, 0) is 11.8 Å². The van der Waals surface area contributed by atoms with E-state index in [1.54, 1.807) is 9.58 Å². The number of aromatic nitrogens is 2. The number of hydrogen-bond donors (Lipinski definition) is 0. The summed E-state index contributed by atoms with van der Waals surface area (Å²) in [4.78, 5) is 14.4. The number of nitrogens with zero attached hydrogens (tertiary/aromatic N) is 3. The molecule has 0 unspecified atom stereocenters. The first-order valence-corrected chi connectivity index (χ1v) is 7.74. The Hall–Kier alpha value is -2.28. The Bertz CT molecular complexity index is 788. The molecule has 7 heteroatoms. The quantitative estimate of drug-likeness (QED) is 0.847. The van der Waals surface area contributed by atoms with E-state index in [0.717, 1.165) is 23.0 Å². The maximum absolute atomic E-state index is 14.0. The summed E-state index contributed by atoms with van der Waals surface area (Å²) in [7, 11) is 1.83. The summed E-state index contributed by atoms with van der Waals surface area (Å²) in [5.41, 5.74) is 2.34. The molecule has 0 spiro atoms. The summed E-state index contributed by atoms with van der Waals surface area (Å²) >= 11 is 0. The highest BCUT2D eigenvalue weighted by atomic mass is 19.2. The monoisotopic (exact) mass is 335 g/mol. The third kappa shape index (κ3) is 2.69. The van der Waals surface area contributed by atoms with E-state index in [0.29, 0.717) is 19.8 Å². The molecule has 1 fully saturated rings. The van der Waals surface area contributed by atoms with Gasteiger partial charge in [0.15, 0.2) is 11.6 Å². The van der Waals surface area contributed by atoms with Crippen LogP contribution in [-0.4, -0.2) is 40.3 Å². The highest BCUT2D eigenvalue weighted by molar-refractivity contribution is 5.95. The summed E-state index contributed by atoms with van der Waals surface area (Å²) in [6.45, 7) is 4.75. The van der Waals surface area contributed by atoms with Crippen LogP contribution in [0.5, 0.6) is 0 Å². The maximum atomic E-state index is 14.0. The average molecular weight is 335 g/mol. The van der Waals surface area contributed by atoms with Crippen LogP contribution in [0.25, 0.3) is 0 Å². The van der Waals surface area contributed by atoms with Crippen LogP contribution in [0.4, 0.5) is 8.78 Å². The molecule has 1 aromatic heterocycles. The Balaban J connectivity index is 2.01. The highest BCUT2D eigenvalue weighted by Crippen LogP contribution is 2.31. The second-order valence-electron chi connectivity index (χ2n) is 5.90. The first-order chi connectivity index (χ1) is 11.4. The number of amides is 1. The number of morpholine rings is 1. The van der Waals surface area contributed by atoms with Gasteiger partial charge in [-0.25, -0.2) is 8.78 Å². The minimum absolute atomic E-state index is 0.263. The van der Waals surface area contributed by atoms with Crippen LogP contribution in [0.2, 0.25) is 0 Å². The van der Waals surface area contributed by atoms with Crippen molar-refractivity contribution >= 4 is 5.91 Å². The molecule has 1 atom stereocenters. The SMILES string of the molecule is Cc1nn(C)c(C)c1[C@@H]1COCCN1C(=O)c1cccc(F)c1F. The molecule has 1 aromatic carbocycles. The zero-order valence-corrected chi connectivity index (χ0v) is 13.8. The van der Waals surface area contributed by atoms with Gasteiger partial charge in [-0.05, 0) is 26.0 Å². The largest absolute Gasteiger partial charge is 0.377 e. The van der Waals surface area contributed by atoms with Crippen molar-refractivity contribution in [3.05, 3.63) is 52.3 Å². The van der Waals surface area contributed by atoms with Crippen LogP contribution in [0.1, 0.15) is 33.4 Å². The fourth-order valence-corrected chi connectivity index (χ4v) is 3.18. The minimum atomic E-state index is -1.12. The molecule has 5 nitrogen and oxygen atoms in total. The molecular formula is C17H19F2N3O2. The van der Waals surface area contributed by atoms with Crippen molar-refractivity contribution in [3.8, 4) is 0 Å². The van der Waals surface area contributed by atoms with E-state index >= 15 is 0 Å². The van der Waals surface area contributed by atoms with Gasteiger partial charge >= 0.3 is 0 Å². The number of aryl methyl sites for hydroxylation is 2. The maximum Gasteiger partial charge on any atom is 0.257 e. The van der Waals surface area contributed by atoms with Crippen LogP contribution in [0.15, 0.2) is 18.2 Å². The average Bonchev–Trinajstić information content (AvgIpc) is 2.82.